The van der Waals surface area contributed by atoms with Crippen molar-refractivity contribution >= 4 is 28.5 Å². The normalized spacial score (nSPS) is 17.7. The Balaban J connectivity index is 1.93. The summed E-state index contributed by atoms with van der Waals surface area (Å²) < 4.78 is 16.1. The van der Waals surface area contributed by atoms with E-state index in [9.17, 15) is 9.18 Å². The maximum absolute atomic E-state index is 13.2. The number of carbonyl (C=O) groups is 1. The van der Waals surface area contributed by atoms with Crippen LogP contribution in [0.4, 0.5) is 4.39 Å². The first-order chi connectivity index (χ1) is 9.99. The number of carbonyl (C=O) groups excluding carboxylic acids is 1. The molecule has 1 aliphatic heterocycles. The Bertz CT molecular complexity index is 710. The highest BCUT2D eigenvalue weighted by atomic mass is 127. The lowest BCUT2D eigenvalue weighted by Gasteiger charge is -2.35. The van der Waals surface area contributed by atoms with Crippen molar-refractivity contribution in [2.75, 3.05) is 6.54 Å². The number of nitrogens with zero attached hydrogens (tertiary/aromatic N) is 2. The van der Waals surface area contributed by atoms with Gasteiger partial charge in [-0.3, -0.25) is 4.79 Å². The molecule has 5 heteroatoms. The molecule has 0 saturated heterocycles. The summed E-state index contributed by atoms with van der Waals surface area (Å²) in [6, 6.07) is 8.51. The van der Waals surface area contributed by atoms with Gasteiger partial charge in [0.2, 0.25) is 0 Å². The van der Waals surface area contributed by atoms with Crippen molar-refractivity contribution in [3.05, 3.63) is 56.7 Å². The summed E-state index contributed by atoms with van der Waals surface area (Å²) in [5.74, 6) is -0.343. The highest BCUT2D eigenvalue weighted by molar-refractivity contribution is 14.1. The Morgan fingerprint density at radius 1 is 1.29 bits per heavy atom. The van der Waals surface area contributed by atoms with Crippen molar-refractivity contribution in [2.45, 2.75) is 26.4 Å². The van der Waals surface area contributed by atoms with E-state index < -0.39 is 0 Å². The number of halogens is 2. The van der Waals surface area contributed by atoms with Crippen LogP contribution in [0.5, 0.6) is 0 Å². The first kappa shape index (κ1) is 14.6. The third-order valence-corrected chi connectivity index (χ3v) is 5.01. The molecule has 1 atom stereocenters. The molecule has 1 amide bonds. The topological polar surface area (TPSA) is 25.2 Å². The summed E-state index contributed by atoms with van der Waals surface area (Å²) in [7, 11) is 0. The second-order valence-electron chi connectivity index (χ2n) is 5.35. The van der Waals surface area contributed by atoms with E-state index in [1.54, 1.807) is 6.07 Å². The molecule has 2 aromatic rings. The Hall–Kier alpha value is -1.37. The monoisotopic (exact) mass is 398 g/mol. The molecule has 0 bridgehead atoms. The van der Waals surface area contributed by atoms with Crippen LogP contribution in [-0.2, 0) is 6.54 Å². The zero-order valence-electron chi connectivity index (χ0n) is 11.9. The van der Waals surface area contributed by atoms with Crippen LogP contribution in [0.15, 0.2) is 30.3 Å². The van der Waals surface area contributed by atoms with Crippen LogP contribution in [0, 0.1) is 16.3 Å². The highest BCUT2D eigenvalue weighted by Crippen LogP contribution is 2.29. The van der Waals surface area contributed by atoms with Gasteiger partial charge in [0.25, 0.3) is 5.91 Å². The predicted octanol–water partition coefficient (Wildman–Crippen LogP) is 3.76. The van der Waals surface area contributed by atoms with Gasteiger partial charge in [-0.25, -0.2) is 4.39 Å². The number of aryl methyl sites for hydroxylation is 1. The number of aromatic nitrogens is 1. The van der Waals surface area contributed by atoms with Gasteiger partial charge in [0.1, 0.15) is 5.82 Å². The van der Waals surface area contributed by atoms with Gasteiger partial charge >= 0.3 is 0 Å². The average Bonchev–Trinajstić information content (AvgIpc) is 2.81. The zero-order chi connectivity index (χ0) is 15.1. The van der Waals surface area contributed by atoms with Gasteiger partial charge in [0, 0.05) is 28.0 Å². The molecule has 0 aliphatic carbocycles. The molecule has 0 N–H and O–H groups in total. The van der Waals surface area contributed by atoms with Crippen LogP contribution in [-0.4, -0.2) is 21.9 Å². The van der Waals surface area contributed by atoms with Crippen molar-refractivity contribution < 1.29 is 9.18 Å². The van der Waals surface area contributed by atoms with Crippen LogP contribution >= 0.6 is 22.6 Å². The van der Waals surface area contributed by atoms with Gasteiger partial charge in [-0.05, 0) is 66.8 Å². The standard InChI is InChI=1S/C16H16FIN2O/c1-10-3-6-15-11(2)20(8-7-19(10)15)16(21)13-5-4-12(17)9-14(13)18/h3-6,9,11H,7-8H2,1-2H3. The van der Waals surface area contributed by atoms with E-state index in [0.717, 1.165) is 12.2 Å². The van der Waals surface area contributed by atoms with Crippen molar-refractivity contribution in [3.8, 4) is 0 Å². The molecule has 1 aromatic carbocycles. The number of amides is 1. The molecule has 3 rings (SSSR count). The number of fused-ring (bicyclic) bond motifs is 1. The molecule has 0 spiro atoms. The summed E-state index contributed by atoms with van der Waals surface area (Å²) in [6.45, 7) is 5.60. The fourth-order valence-corrected chi connectivity index (χ4v) is 3.62. The summed E-state index contributed by atoms with van der Waals surface area (Å²) in [5, 5.41) is 0. The van der Waals surface area contributed by atoms with E-state index in [2.05, 4.69) is 23.6 Å². The fourth-order valence-electron chi connectivity index (χ4n) is 2.92. The van der Waals surface area contributed by atoms with Gasteiger partial charge in [-0.1, -0.05) is 0 Å². The van der Waals surface area contributed by atoms with Crippen molar-refractivity contribution in [3.63, 3.8) is 0 Å². The van der Waals surface area contributed by atoms with E-state index in [0.29, 0.717) is 15.7 Å². The largest absolute Gasteiger partial charge is 0.345 e. The Morgan fingerprint density at radius 3 is 2.76 bits per heavy atom. The minimum absolute atomic E-state index is 0.0285. The number of benzene rings is 1. The van der Waals surface area contributed by atoms with Crippen molar-refractivity contribution in [2.24, 2.45) is 0 Å². The van der Waals surface area contributed by atoms with Crippen LogP contribution < -0.4 is 0 Å². The van der Waals surface area contributed by atoms with Gasteiger partial charge in [-0.2, -0.15) is 0 Å². The predicted molar refractivity (Wildman–Crippen MR) is 87.7 cm³/mol. The minimum Gasteiger partial charge on any atom is -0.345 e. The molecular formula is C16H16FIN2O. The van der Waals surface area contributed by atoms with Crippen molar-refractivity contribution in [1.82, 2.24) is 9.47 Å². The lowest BCUT2D eigenvalue weighted by molar-refractivity contribution is 0.0641. The summed E-state index contributed by atoms with van der Waals surface area (Å²) in [6.07, 6.45) is 0. The first-order valence-corrected chi connectivity index (χ1v) is 7.99. The fraction of sp³-hybridized carbons (Fsp3) is 0.312. The van der Waals surface area contributed by atoms with Crippen LogP contribution in [0.3, 0.4) is 0 Å². The summed E-state index contributed by atoms with van der Waals surface area (Å²) in [5.41, 5.74) is 2.95. The van der Waals surface area contributed by atoms with Crippen LogP contribution in [0.2, 0.25) is 0 Å². The molecule has 1 unspecified atom stereocenters. The van der Waals surface area contributed by atoms with Gasteiger partial charge in [-0.15, -0.1) is 0 Å². The highest BCUT2D eigenvalue weighted by Gasteiger charge is 2.29. The first-order valence-electron chi connectivity index (χ1n) is 6.91. The lowest BCUT2D eigenvalue weighted by atomic mass is 10.1. The van der Waals surface area contributed by atoms with E-state index in [-0.39, 0.29) is 17.8 Å². The molecule has 1 aliphatic rings. The molecule has 2 heterocycles. The summed E-state index contributed by atoms with van der Waals surface area (Å²) in [4.78, 5) is 14.6. The number of hydrogen-bond donors (Lipinski definition) is 0. The number of hydrogen-bond acceptors (Lipinski definition) is 1. The SMILES string of the molecule is Cc1ccc2n1CCN(C(=O)c1ccc(F)cc1I)C2C. The van der Waals surface area contributed by atoms with Gasteiger partial charge in [0.15, 0.2) is 0 Å². The van der Waals surface area contributed by atoms with Crippen LogP contribution in [0.25, 0.3) is 0 Å². The third-order valence-electron chi connectivity index (χ3n) is 4.12. The molecular weight excluding hydrogens is 382 g/mol. The maximum Gasteiger partial charge on any atom is 0.255 e. The molecule has 3 nitrogen and oxygen atoms in total. The molecule has 21 heavy (non-hydrogen) atoms. The Kier molecular flexibility index (Phi) is 3.77. The maximum atomic E-state index is 13.2. The van der Waals surface area contributed by atoms with Gasteiger partial charge < -0.3 is 9.47 Å². The second-order valence-corrected chi connectivity index (χ2v) is 6.51. The second kappa shape index (κ2) is 5.44. The molecule has 0 saturated carbocycles. The Morgan fingerprint density at radius 2 is 2.05 bits per heavy atom. The molecule has 1 aromatic heterocycles. The van der Waals surface area contributed by atoms with Gasteiger partial charge in [0.05, 0.1) is 11.6 Å². The van der Waals surface area contributed by atoms with E-state index >= 15 is 0 Å². The zero-order valence-corrected chi connectivity index (χ0v) is 14.1. The smallest absolute Gasteiger partial charge is 0.255 e. The van der Waals surface area contributed by atoms with E-state index in [1.807, 2.05) is 34.4 Å². The molecule has 0 radical (unpaired) electrons. The quantitative estimate of drug-likeness (QED) is 0.672. The van der Waals surface area contributed by atoms with Crippen molar-refractivity contribution in [1.29, 1.82) is 0 Å². The summed E-state index contributed by atoms with van der Waals surface area (Å²) >= 11 is 2.02. The average molecular weight is 398 g/mol. The number of rotatable bonds is 1. The van der Waals surface area contributed by atoms with Crippen LogP contribution in [0.1, 0.15) is 34.7 Å². The molecule has 0 fully saturated rings. The molecule has 110 valence electrons. The minimum atomic E-state index is -0.313. The third kappa shape index (κ3) is 2.47. The Labute approximate surface area is 136 Å². The lowest BCUT2D eigenvalue weighted by Crippen LogP contribution is -2.41. The van der Waals surface area contributed by atoms with E-state index in [1.165, 1.54) is 17.8 Å². The van der Waals surface area contributed by atoms with E-state index in [4.69, 9.17) is 0 Å².